The molecule has 0 spiro atoms. The fourth-order valence-corrected chi connectivity index (χ4v) is 1.97. The van der Waals surface area contributed by atoms with Gasteiger partial charge in [0.05, 0.1) is 12.6 Å². The third kappa shape index (κ3) is 5.70. The van der Waals surface area contributed by atoms with Gasteiger partial charge in [0.2, 0.25) is 5.91 Å². The second-order valence-corrected chi connectivity index (χ2v) is 5.54. The van der Waals surface area contributed by atoms with Crippen molar-refractivity contribution in [1.82, 2.24) is 10.6 Å². The van der Waals surface area contributed by atoms with Crippen molar-refractivity contribution in [3.05, 3.63) is 0 Å². The monoisotopic (exact) mass is 264 g/mol. The second kappa shape index (κ2) is 7.19. The predicted molar refractivity (Wildman–Crippen MR) is 71.5 cm³/mol. The van der Waals surface area contributed by atoms with Gasteiger partial charge in [-0.1, -0.05) is 20.8 Å². The molecule has 2 N–H and O–H groups in total. The first kappa shape index (κ1) is 16.7. The van der Waals surface area contributed by atoms with E-state index in [1.807, 2.05) is 0 Å². The quantitative estimate of drug-likeness (QED) is 0.809. The van der Waals surface area contributed by atoms with Gasteiger partial charge < -0.3 is 15.4 Å². The zero-order valence-corrected chi connectivity index (χ0v) is 12.0. The molecule has 1 heterocycles. The van der Waals surface area contributed by atoms with Crippen LogP contribution in [0, 0.1) is 5.41 Å². The zero-order chi connectivity index (χ0) is 12.2. The lowest BCUT2D eigenvalue weighted by molar-refractivity contribution is -0.122. The van der Waals surface area contributed by atoms with Gasteiger partial charge in [-0.25, -0.2) is 0 Å². The zero-order valence-electron chi connectivity index (χ0n) is 11.2. The van der Waals surface area contributed by atoms with E-state index in [1.54, 1.807) is 7.05 Å². The van der Waals surface area contributed by atoms with Crippen molar-refractivity contribution in [3.8, 4) is 0 Å². The Morgan fingerprint density at radius 2 is 2.06 bits per heavy atom. The Hall–Kier alpha value is -0.320. The van der Waals surface area contributed by atoms with E-state index in [9.17, 15) is 4.79 Å². The maximum absolute atomic E-state index is 11.5. The average Bonchev–Trinajstić information content (AvgIpc) is 2.17. The summed E-state index contributed by atoms with van der Waals surface area (Å²) < 4.78 is 5.75. The molecule has 5 heteroatoms. The highest BCUT2D eigenvalue weighted by atomic mass is 35.5. The van der Waals surface area contributed by atoms with Crippen LogP contribution in [0.5, 0.6) is 0 Å². The van der Waals surface area contributed by atoms with Crippen molar-refractivity contribution in [2.24, 2.45) is 5.41 Å². The fraction of sp³-hybridized carbons (Fsp3) is 0.917. The van der Waals surface area contributed by atoms with Crippen LogP contribution >= 0.6 is 12.4 Å². The number of carbonyl (C=O) groups is 1. The molecule has 1 fully saturated rings. The van der Waals surface area contributed by atoms with Crippen LogP contribution in [-0.4, -0.2) is 38.3 Å². The highest BCUT2D eigenvalue weighted by Crippen LogP contribution is 2.29. The van der Waals surface area contributed by atoms with Crippen LogP contribution < -0.4 is 10.6 Å². The van der Waals surface area contributed by atoms with E-state index >= 15 is 0 Å². The Labute approximate surface area is 110 Å². The van der Waals surface area contributed by atoms with Crippen LogP contribution in [0.25, 0.3) is 0 Å². The summed E-state index contributed by atoms with van der Waals surface area (Å²) in [5.74, 6) is 0.0714. The summed E-state index contributed by atoms with van der Waals surface area (Å²) in [7, 11) is 1.78. The molecule has 0 aromatic heterocycles. The second-order valence-electron chi connectivity index (χ2n) is 5.54. The summed E-state index contributed by atoms with van der Waals surface area (Å²) >= 11 is 0. The minimum atomic E-state index is 0. The number of likely N-dealkylation sites (N-methyl/N-ethyl adjacent to an activating group) is 1. The SMILES string of the molecule is CNCC(=O)NC1CCOC(C(C)(C)C)C1.Cl. The Bertz CT molecular complexity index is 241. The molecule has 0 aromatic rings. The van der Waals surface area contributed by atoms with Gasteiger partial charge >= 0.3 is 0 Å². The lowest BCUT2D eigenvalue weighted by Crippen LogP contribution is -2.47. The third-order valence-corrected chi connectivity index (χ3v) is 2.95. The van der Waals surface area contributed by atoms with Gasteiger partial charge in [0.25, 0.3) is 0 Å². The van der Waals surface area contributed by atoms with Crippen molar-refractivity contribution in [3.63, 3.8) is 0 Å². The van der Waals surface area contributed by atoms with Crippen molar-refractivity contribution < 1.29 is 9.53 Å². The molecule has 17 heavy (non-hydrogen) atoms. The molecule has 1 saturated heterocycles. The molecule has 0 radical (unpaired) electrons. The lowest BCUT2D eigenvalue weighted by Gasteiger charge is -2.37. The van der Waals surface area contributed by atoms with E-state index in [0.717, 1.165) is 19.4 Å². The molecule has 1 aliphatic rings. The van der Waals surface area contributed by atoms with Gasteiger partial charge in [0, 0.05) is 12.6 Å². The van der Waals surface area contributed by atoms with Crippen LogP contribution in [0.15, 0.2) is 0 Å². The van der Waals surface area contributed by atoms with Crippen LogP contribution in [0.4, 0.5) is 0 Å². The van der Waals surface area contributed by atoms with E-state index in [2.05, 4.69) is 31.4 Å². The normalized spacial score (nSPS) is 24.9. The maximum atomic E-state index is 11.5. The third-order valence-electron chi connectivity index (χ3n) is 2.95. The predicted octanol–water partition coefficient (Wildman–Crippen LogP) is 1.34. The topological polar surface area (TPSA) is 50.4 Å². The smallest absolute Gasteiger partial charge is 0.234 e. The summed E-state index contributed by atoms with van der Waals surface area (Å²) in [6.07, 6.45) is 2.07. The van der Waals surface area contributed by atoms with Crippen LogP contribution in [-0.2, 0) is 9.53 Å². The summed E-state index contributed by atoms with van der Waals surface area (Å²) in [5, 5.41) is 5.90. The van der Waals surface area contributed by atoms with Gasteiger partial charge in [-0.05, 0) is 25.3 Å². The summed E-state index contributed by atoms with van der Waals surface area (Å²) in [6.45, 7) is 7.66. The molecule has 0 aromatic carbocycles. The first-order valence-corrected chi connectivity index (χ1v) is 5.99. The largest absolute Gasteiger partial charge is 0.378 e. The van der Waals surface area contributed by atoms with Crippen molar-refractivity contribution >= 4 is 18.3 Å². The lowest BCUT2D eigenvalue weighted by atomic mass is 9.83. The Morgan fingerprint density at radius 3 is 2.59 bits per heavy atom. The molecule has 2 atom stereocenters. The molecule has 2 unspecified atom stereocenters. The average molecular weight is 265 g/mol. The molecule has 0 saturated carbocycles. The van der Waals surface area contributed by atoms with Crippen molar-refractivity contribution in [2.75, 3.05) is 20.2 Å². The highest BCUT2D eigenvalue weighted by Gasteiger charge is 2.32. The number of amides is 1. The maximum Gasteiger partial charge on any atom is 0.234 e. The number of ether oxygens (including phenoxy) is 1. The van der Waals surface area contributed by atoms with E-state index in [-0.39, 0.29) is 35.9 Å². The fourth-order valence-electron chi connectivity index (χ4n) is 1.97. The van der Waals surface area contributed by atoms with Crippen molar-refractivity contribution in [1.29, 1.82) is 0 Å². The van der Waals surface area contributed by atoms with Gasteiger partial charge in [0.15, 0.2) is 0 Å². The van der Waals surface area contributed by atoms with Crippen LogP contribution in [0.2, 0.25) is 0 Å². The van der Waals surface area contributed by atoms with Gasteiger partial charge in [-0.3, -0.25) is 4.79 Å². The molecular formula is C12H25ClN2O2. The molecule has 1 amide bonds. The molecule has 0 aliphatic carbocycles. The van der Waals surface area contributed by atoms with Crippen LogP contribution in [0.3, 0.4) is 0 Å². The number of hydrogen-bond acceptors (Lipinski definition) is 3. The number of halogens is 1. The standard InChI is InChI=1S/C12H24N2O2.ClH/c1-12(2,3)10-7-9(5-6-16-10)14-11(15)8-13-4;/h9-10,13H,5-8H2,1-4H3,(H,14,15);1H. The summed E-state index contributed by atoms with van der Waals surface area (Å²) in [5.41, 5.74) is 0.145. The Morgan fingerprint density at radius 1 is 1.41 bits per heavy atom. The van der Waals surface area contributed by atoms with E-state index in [4.69, 9.17) is 4.74 Å². The number of hydrogen-bond donors (Lipinski definition) is 2. The number of carbonyl (C=O) groups excluding carboxylic acids is 1. The Balaban J connectivity index is 0.00000256. The molecule has 4 nitrogen and oxygen atoms in total. The number of rotatable bonds is 3. The van der Waals surface area contributed by atoms with E-state index in [0.29, 0.717) is 6.54 Å². The molecule has 102 valence electrons. The molecular weight excluding hydrogens is 240 g/mol. The minimum absolute atomic E-state index is 0. The first-order chi connectivity index (χ1) is 7.43. The first-order valence-electron chi connectivity index (χ1n) is 5.99. The van der Waals surface area contributed by atoms with Crippen LogP contribution in [0.1, 0.15) is 33.6 Å². The van der Waals surface area contributed by atoms with Gasteiger partial charge in [-0.15, -0.1) is 12.4 Å². The molecule has 1 rings (SSSR count). The summed E-state index contributed by atoms with van der Waals surface area (Å²) in [6, 6.07) is 0.263. The Kier molecular flexibility index (Phi) is 7.05. The van der Waals surface area contributed by atoms with E-state index in [1.165, 1.54) is 0 Å². The van der Waals surface area contributed by atoms with E-state index < -0.39 is 0 Å². The van der Waals surface area contributed by atoms with Gasteiger partial charge in [0.1, 0.15) is 0 Å². The highest BCUT2D eigenvalue weighted by molar-refractivity contribution is 5.85. The molecule has 1 aliphatic heterocycles. The molecule has 0 bridgehead atoms. The minimum Gasteiger partial charge on any atom is -0.378 e. The number of nitrogens with one attached hydrogen (secondary N) is 2. The van der Waals surface area contributed by atoms with Gasteiger partial charge in [-0.2, -0.15) is 0 Å². The van der Waals surface area contributed by atoms with Crippen molar-refractivity contribution in [2.45, 2.75) is 45.8 Å². The summed E-state index contributed by atoms with van der Waals surface area (Å²) in [4.78, 5) is 11.5.